The number of amides is 2. The van der Waals surface area contributed by atoms with Crippen molar-refractivity contribution in [3.05, 3.63) is 29.8 Å². The molecular formula is C15H20N2O2S. The zero-order valence-corrected chi connectivity index (χ0v) is 12.6. The van der Waals surface area contributed by atoms with Gasteiger partial charge in [-0.05, 0) is 38.2 Å². The van der Waals surface area contributed by atoms with E-state index in [9.17, 15) is 9.59 Å². The van der Waals surface area contributed by atoms with E-state index in [0.717, 1.165) is 19.3 Å². The molecule has 108 valence electrons. The molecule has 1 saturated carbocycles. The summed E-state index contributed by atoms with van der Waals surface area (Å²) in [4.78, 5) is 23.3. The van der Waals surface area contributed by atoms with Gasteiger partial charge in [0.25, 0.3) is 0 Å². The molecule has 2 atom stereocenters. The van der Waals surface area contributed by atoms with Crippen molar-refractivity contribution >= 4 is 29.3 Å². The molecule has 2 N–H and O–H groups in total. The minimum Gasteiger partial charge on any atom is -0.334 e. The zero-order valence-electron chi connectivity index (χ0n) is 11.8. The number of rotatable bonds is 4. The first-order chi connectivity index (χ1) is 9.60. The average Bonchev–Trinajstić information content (AvgIpc) is 2.86. The summed E-state index contributed by atoms with van der Waals surface area (Å²) in [5, 5.41) is 6.32. The number of thioether (sulfide) groups is 1. The van der Waals surface area contributed by atoms with Crippen molar-refractivity contribution < 1.29 is 9.59 Å². The molecule has 1 aromatic rings. The molecule has 1 aromatic carbocycles. The number of Topliss-reactive ketones (excluding diaryl/α,β-unsaturated/α-hetero) is 1. The van der Waals surface area contributed by atoms with E-state index in [4.69, 9.17) is 0 Å². The highest BCUT2D eigenvalue weighted by atomic mass is 32.2. The van der Waals surface area contributed by atoms with E-state index in [-0.39, 0.29) is 17.9 Å². The van der Waals surface area contributed by atoms with Gasteiger partial charge in [0.2, 0.25) is 0 Å². The fourth-order valence-electron chi connectivity index (χ4n) is 2.52. The van der Waals surface area contributed by atoms with Crippen molar-refractivity contribution in [2.45, 2.75) is 37.5 Å². The lowest BCUT2D eigenvalue weighted by molar-refractivity contribution is 0.101. The van der Waals surface area contributed by atoms with Crippen LogP contribution in [0.15, 0.2) is 24.3 Å². The summed E-state index contributed by atoms with van der Waals surface area (Å²) in [6, 6.07) is 7.03. The van der Waals surface area contributed by atoms with Crippen LogP contribution in [0.25, 0.3) is 0 Å². The molecule has 0 radical (unpaired) electrons. The van der Waals surface area contributed by atoms with E-state index in [1.54, 1.807) is 24.3 Å². The molecule has 1 aliphatic carbocycles. The maximum atomic E-state index is 12.0. The summed E-state index contributed by atoms with van der Waals surface area (Å²) in [6.45, 7) is 1.51. The molecule has 2 unspecified atom stereocenters. The number of carbonyl (C=O) groups is 2. The van der Waals surface area contributed by atoms with Gasteiger partial charge in [-0.2, -0.15) is 11.8 Å². The van der Waals surface area contributed by atoms with Crippen LogP contribution in [0.2, 0.25) is 0 Å². The number of urea groups is 1. The van der Waals surface area contributed by atoms with Gasteiger partial charge in [-0.1, -0.05) is 18.6 Å². The summed E-state index contributed by atoms with van der Waals surface area (Å²) in [7, 11) is 0. The Hall–Kier alpha value is -1.49. The van der Waals surface area contributed by atoms with Crippen molar-refractivity contribution in [1.29, 1.82) is 0 Å². The van der Waals surface area contributed by atoms with Crippen LogP contribution in [0.4, 0.5) is 10.5 Å². The Kier molecular flexibility index (Phi) is 5.06. The maximum Gasteiger partial charge on any atom is 0.319 e. The maximum absolute atomic E-state index is 12.0. The van der Waals surface area contributed by atoms with Crippen LogP contribution in [0, 0.1) is 0 Å². The van der Waals surface area contributed by atoms with E-state index in [1.165, 1.54) is 6.92 Å². The summed E-state index contributed by atoms with van der Waals surface area (Å²) in [6.07, 6.45) is 5.44. The highest BCUT2D eigenvalue weighted by Gasteiger charge is 2.27. The fraction of sp³-hybridized carbons (Fsp3) is 0.467. The van der Waals surface area contributed by atoms with Gasteiger partial charge in [-0.15, -0.1) is 0 Å². The largest absolute Gasteiger partial charge is 0.334 e. The lowest BCUT2D eigenvalue weighted by Crippen LogP contribution is -2.41. The van der Waals surface area contributed by atoms with Crippen LogP contribution in [0.1, 0.15) is 36.5 Å². The summed E-state index contributed by atoms with van der Waals surface area (Å²) in [5.74, 6) is -0.00713. The molecule has 0 bridgehead atoms. The zero-order chi connectivity index (χ0) is 14.5. The van der Waals surface area contributed by atoms with Gasteiger partial charge >= 0.3 is 6.03 Å². The van der Waals surface area contributed by atoms with Crippen LogP contribution in [-0.2, 0) is 0 Å². The highest BCUT2D eigenvalue weighted by molar-refractivity contribution is 7.99. The second-order valence-corrected chi connectivity index (χ2v) is 6.12. The molecule has 0 aromatic heterocycles. The van der Waals surface area contributed by atoms with E-state index < -0.39 is 0 Å². The van der Waals surface area contributed by atoms with Crippen LogP contribution in [0.3, 0.4) is 0 Å². The predicted octanol–water partition coefficient (Wildman–Crippen LogP) is 3.29. The van der Waals surface area contributed by atoms with Crippen molar-refractivity contribution in [2.75, 3.05) is 11.6 Å². The van der Waals surface area contributed by atoms with E-state index in [0.29, 0.717) is 16.5 Å². The van der Waals surface area contributed by atoms with Gasteiger partial charge in [-0.25, -0.2) is 4.79 Å². The number of nitrogens with one attached hydrogen (secondary N) is 2. The standard InChI is InChI=1S/C15H20N2O2S/c1-10(18)11-5-3-6-12(9-11)16-15(19)17-13-7-4-8-14(13)20-2/h3,5-6,9,13-14H,4,7-8H2,1-2H3,(H2,16,17,19). The Labute approximate surface area is 123 Å². The molecule has 5 heteroatoms. The second kappa shape index (κ2) is 6.79. The minimum atomic E-state index is -0.198. The topological polar surface area (TPSA) is 58.2 Å². The van der Waals surface area contributed by atoms with Crippen molar-refractivity contribution in [2.24, 2.45) is 0 Å². The molecule has 0 saturated heterocycles. The molecule has 2 amide bonds. The number of hydrogen-bond acceptors (Lipinski definition) is 3. The number of anilines is 1. The van der Waals surface area contributed by atoms with Gasteiger partial charge < -0.3 is 10.6 Å². The lowest BCUT2D eigenvalue weighted by atomic mass is 10.1. The van der Waals surface area contributed by atoms with Gasteiger partial charge in [-0.3, -0.25) is 4.79 Å². The lowest BCUT2D eigenvalue weighted by Gasteiger charge is -2.19. The SMILES string of the molecule is CSC1CCCC1NC(=O)Nc1cccc(C(C)=O)c1. The third-order valence-electron chi connectivity index (χ3n) is 3.60. The normalized spacial score (nSPS) is 21.5. The van der Waals surface area contributed by atoms with Gasteiger partial charge in [0.15, 0.2) is 5.78 Å². The van der Waals surface area contributed by atoms with Crippen LogP contribution >= 0.6 is 11.8 Å². The van der Waals surface area contributed by atoms with E-state index in [2.05, 4.69) is 16.9 Å². The Bertz CT molecular complexity index is 504. The summed E-state index contributed by atoms with van der Waals surface area (Å²) >= 11 is 1.81. The smallest absolute Gasteiger partial charge is 0.319 e. The van der Waals surface area contributed by atoms with Crippen molar-refractivity contribution in [3.63, 3.8) is 0 Å². The molecule has 20 heavy (non-hydrogen) atoms. The molecule has 0 aliphatic heterocycles. The van der Waals surface area contributed by atoms with Crippen molar-refractivity contribution in [3.8, 4) is 0 Å². The third kappa shape index (κ3) is 3.76. The Morgan fingerprint density at radius 1 is 1.30 bits per heavy atom. The molecule has 0 heterocycles. The molecular weight excluding hydrogens is 272 g/mol. The fourth-order valence-corrected chi connectivity index (χ4v) is 3.46. The Morgan fingerprint density at radius 3 is 2.80 bits per heavy atom. The van der Waals surface area contributed by atoms with E-state index in [1.807, 2.05) is 11.8 Å². The number of ketones is 1. The van der Waals surface area contributed by atoms with Gasteiger partial charge in [0.05, 0.1) is 0 Å². The molecule has 1 aliphatic rings. The first-order valence-corrected chi connectivity index (χ1v) is 8.10. The van der Waals surface area contributed by atoms with E-state index >= 15 is 0 Å². The molecule has 2 rings (SSSR count). The number of benzene rings is 1. The number of hydrogen-bond donors (Lipinski definition) is 2. The quantitative estimate of drug-likeness (QED) is 0.837. The third-order valence-corrected chi connectivity index (χ3v) is 4.77. The van der Waals surface area contributed by atoms with Gasteiger partial charge in [0.1, 0.15) is 0 Å². The summed E-state index contributed by atoms with van der Waals surface area (Å²) < 4.78 is 0. The Morgan fingerprint density at radius 2 is 2.10 bits per heavy atom. The second-order valence-electron chi connectivity index (χ2n) is 5.05. The molecule has 4 nitrogen and oxygen atoms in total. The highest BCUT2D eigenvalue weighted by Crippen LogP contribution is 2.28. The van der Waals surface area contributed by atoms with Crippen LogP contribution < -0.4 is 10.6 Å². The summed E-state index contributed by atoms with van der Waals surface area (Å²) in [5.41, 5.74) is 1.25. The monoisotopic (exact) mass is 292 g/mol. The first kappa shape index (κ1) is 14.9. The minimum absolute atomic E-state index is 0.00713. The molecule has 0 spiro atoms. The van der Waals surface area contributed by atoms with Crippen LogP contribution in [-0.4, -0.2) is 29.4 Å². The predicted molar refractivity (Wildman–Crippen MR) is 83.5 cm³/mol. The number of carbonyl (C=O) groups excluding carboxylic acids is 2. The molecule has 1 fully saturated rings. The van der Waals surface area contributed by atoms with Gasteiger partial charge in [0, 0.05) is 22.5 Å². The Balaban J connectivity index is 1.94. The van der Waals surface area contributed by atoms with Crippen LogP contribution in [0.5, 0.6) is 0 Å². The van der Waals surface area contributed by atoms with Crippen molar-refractivity contribution in [1.82, 2.24) is 5.32 Å². The first-order valence-electron chi connectivity index (χ1n) is 6.81. The average molecular weight is 292 g/mol.